The Bertz CT molecular complexity index is 572. The van der Waals surface area contributed by atoms with Crippen LogP contribution in [0.4, 0.5) is 0 Å². The van der Waals surface area contributed by atoms with Gasteiger partial charge in [0, 0.05) is 24.2 Å². The normalized spacial score (nSPS) is 19.6. The van der Waals surface area contributed by atoms with Crippen LogP contribution in [0, 0.1) is 0 Å². The van der Waals surface area contributed by atoms with Crippen molar-refractivity contribution in [3.05, 3.63) is 28.8 Å². The molecule has 1 heterocycles. The Kier molecular flexibility index (Phi) is 6.01. The predicted molar refractivity (Wildman–Crippen MR) is 83.0 cm³/mol. The molecule has 21 heavy (non-hydrogen) atoms. The van der Waals surface area contributed by atoms with E-state index in [1.54, 1.807) is 12.1 Å². The van der Waals surface area contributed by atoms with E-state index in [9.17, 15) is 8.42 Å². The van der Waals surface area contributed by atoms with Crippen LogP contribution < -0.4 is 10.0 Å². The second-order valence-corrected chi connectivity index (χ2v) is 7.19. The summed E-state index contributed by atoms with van der Waals surface area (Å²) < 4.78 is 32.8. The smallest absolute Gasteiger partial charge is 0.240 e. The molecule has 118 valence electrons. The first-order chi connectivity index (χ1) is 10.0. The van der Waals surface area contributed by atoms with Gasteiger partial charge in [-0.2, -0.15) is 0 Å². The molecule has 2 N–H and O–H groups in total. The molecule has 1 aromatic rings. The maximum atomic E-state index is 12.4. The van der Waals surface area contributed by atoms with Crippen LogP contribution in [0.3, 0.4) is 0 Å². The van der Waals surface area contributed by atoms with Crippen molar-refractivity contribution >= 4 is 21.6 Å². The summed E-state index contributed by atoms with van der Waals surface area (Å²) >= 11 is 6.10. The first-order valence-electron chi connectivity index (χ1n) is 7.12. The number of nitrogens with one attached hydrogen (secondary N) is 2. The van der Waals surface area contributed by atoms with E-state index in [4.69, 9.17) is 16.3 Å². The van der Waals surface area contributed by atoms with Gasteiger partial charge in [0.05, 0.1) is 11.5 Å². The molecule has 1 aromatic carbocycles. The van der Waals surface area contributed by atoms with Crippen molar-refractivity contribution in [3.63, 3.8) is 0 Å². The van der Waals surface area contributed by atoms with Crippen LogP contribution in [0.5, 0.6) is 0 Å². The van der Waals surface area contributed by atoms with E-state index in [1.165, 1.54) is 6.07 Å². The molecule has 1 fully saturated rings. The third-order valence-corrected chi connectivity index (χ3v) is 5.26. The van der Waals surface area contributed by atoms with Gasteiger partial charge >= 0.3 is 0 Å². The average molecular weight is 333 g/mol. The summed E-state index contributed by atoms with van der Waals surface area (Å²) in [5.41, 5.74) is 0.779. The Morgan fingerprint density at radius 2 is 2.24 bits per heavy atom. The third kappa shape index (κ3) is 4.66. The van der Waals surface area contributed by atoms with Gasteiger partial charge < -0.3 is 10.1 Å². The average Bonchev–Trinajstić information content (AvgIpc) is 2.47. The molecular weight excluding hydrogens is 312 g/mol. The Balaban J connectivity index is 2.14. The Hall–Kier alpha value is -0.660. The first kappa shape index (κ1) is 16.7. The number of benzene rings is 1. The van der Waals surface area contributed by atoms with Crippen LogP contribution in [0.25, 0.3) is 0 Å². The molecule has 0 saturated carbocycles. The predicted octanol–water partition coefficient (Wildman–Crippen LogP) is 1.91. The highest BCUT2D eigenvalue weighted by molar-refractivity contribution is 7.89. The van der Waals surface area contributed by atoms with Crippen LogP contribution in [-0.2, 0) is 21.3 Å². The van der Waals surface area contributed by atoms with Crippen molar-refractivity contribution in [1.82, 2.24) is 10.0 Å². The molecule has 0 aromatic heterocycles. The van der Waals surface area contributed by atoms with E-state index in [1.807, 2.05) is 6.92 Å². The highest BCUT2D eigenvalue weighted by Gasteiger charge is 2.22. The molecule has 0 radical (unpaired) electrons. The number of sulfonamides is 1. The number of hydrogen-bond acceptors (Lipinski definition) is 4. The molecule has 1 aliphatic heterocycles. The standard InChI is InChI=1S/C14H21ClN2O3S/c1-2-16-9-11-8-13(5-6-14(11)15)21(18,19)17-12-4-3-7-20-10-12/h5-6,8,12,16-17H,2-4,7,9-10H2,1H3. The maximum Gasteiger partial charge on any atom is 0.240 e. The number of rotatable bonds is 6. The molecule has 0 amide bonds. The van der Waals surface area contributed by atoms with E-state index in [2.05, 4.69) is 10.0 Å². The van der Waals surface area contributed by atoms with Gasteiger partial charge in [-0.25, -0.2) is 13.1 Å². The lowest BCUT2D eigenvalue weighted by molar-refractivity contribution is 0.0774. The Morgan fingerprint density at radius 3 is 2.90 bits per heavy atom. The van der Waals surface area contributed by atoms with Crippen LogP contribution in [0.1, 0.15) is 25.3 Å². The zero-order valence-corrected chi connectivity index (χ0v) is 13.6. The molecule has 1 saturated heterocycles. The van der Waals surface area contributed by atoms with Crippen LogP contribution in [0.15, 0.2) is 23.1 Å². The molecule has 0 aliphatic carbocycles. The number of ether oxygens (including phenoxy) is 1. The van der Waals surface area contributed by atoms with Crippen LogP contribution in [-0.4, -0.2) is 34.2 Å². The summed E-state index contributed by atoms with van der Waals surface area (Å²) in [7, 11) is -3.54. The van der Waals surface area contributed by atoms with Crippen molar-refractivity contribution in [2.45, 2.75) is 37.2 Å². The SMILES string of the molecule is CCNCc1cc(S(=O)(=O)NC2CCCOC2)ccc1Cl. The van der Waals surface area contributed by atoms with Crippen LogP contribution >= 0.6 is 11.6 Å². The van der Waals surface area contributed by atoms with E-state index in [0.29, 0.717) is 24.8 Å². The van der Waals surface area contributed by atoms with Gasteiger partial charge in [-0.3, -0.25) is 0 Å². The summed E-state index contributed by atoms with van der Waals surface area (Å²) in [6, 6.07) is 4.62. The molecule has 1 unspecified atom stereocenters. The van der Waals surface area contributed by atoms with Gasteiger partial charge in [-0.05, 0) is 43.1 Å². The third-order valence-electron chi connectivity index (χ3n) is 3.38. The van der Waals surface area contributed by atoms with Crippen LogP contribution in [0.2, 0.25) is 5.02 Å². The fourth-order valence-electron chi connectivity index (χ4n) is 2.23. The molecule has 1 atom stereocenters. The van der Waals surface area contributed by atoms with Crippen molar-refractivity contribution in [3.8, 4) is 0 Å². The van der Waals surface area contributed by atoms with E-state index in [-0.39, 0.29) is 10.9 Å². The van der Waals surface area contributed by atoms with Gasteiger partial charge in [0.25, 0.3) is 0 Å². The number of halogens is 1. The second kappa shape index (κ2) is 7.56. The molecule has 5 nitrogen and oxygen atoms in total. The minimum atomic E-state index is -3.54. The fraction of sp³-hybridized carbons (Fsp3) is 0.571. The van der Waals surface area contributed by atoms with Crippen molar-refractivity contribution in [2.75, 3.05) is 19.8 Å². The van der Waals surface area contributed by atoms with Crippen molar-refractivity contribution < 1.29 is 13.2 Å². The molecule has 7 heteroatoms. The zero-order valence-electron chi connectivity index (χ0n) is 12.1. The minimum Gasteiger partial charge on any atom is -0.380 e. The van der Waals surface area contributed by atoms with Gasteiger partial charge in [0.15, 0.2) is 0 Å². The van der Waals surface area contributed by atoms with Gasteiger partial charge in [-0.1, -0.05) is 18.5 Å². The highest BCUT2D eigenvalue weighted by Crippen LogP contribution is 2.21. The first-order valence-corrected chi connectivity index (χ1v) is 8.98. The van der Waals surface area contributed by atoms with Crippen molar-refractivity contribution in [2.24, 2.45) is 0 Å². The number of hydrogen-bond donors (Lipinski definition) is 2. The highest BCUT2D eigenvalue weighted by atomic mass is 35.5. The molecule has 2 rings (SSSR count). The lowest BCUT2D eigenvalue weighted by atomic mass is 10.1. The van der Waals surface area contributed by atoms with E-state index in [0.717, 1.165) is 24.9 Å². The van der Waals surface area contributed by atoms with Gasteiger partial charge in [-0.15, -0.1) is 0 Å². The lowest BCUT2D eigenvalue weighted by Gasteiger charge is -2.23. The largest absolute Gasteiger partial charge is 0.380 e. The van der Waals surface area contributed by atoms with Crippen molar-refractivity contribution in [1.29, 1.82) is 0 Å². The van der Waals surface area contributed by atoms with Gasteiger partial charge in [0.1, 0.15) is 0 Å². The Morgan fingerprint density at radius 1 is 1.43 bits per heavy atom. The molecular formula is C14H21ClN2O3S. The fourth-order valence-corrected chi connectivity index (χ4v) is 3.72. The zero-order chi connectivity index (χ0) is 15.3. The quantitative estimate of drug-likeness (QED) is 0.835. The summed E-state index contributed by atoms with van der Waals surface area (Å²) in [5, 5.41) is 3.71. The topological polar surface area (TPSA) is 67.4 Å². The molecule has 1 aliphatic rings. The minimum absolute atomic E-state index is 0.156. The molecule has 0 spiro atoms. The van der Waals surface area contributed by atoms with E-state index < -0.39 is 10.0 Å². The lowest BCUT2D eigenvalue weighted by Crippen LogP contribution is -2.40. The molecule has 0 bridgehead atoms. The maximum absolute atomic E-state index is 12.4. The summed E-state index contributed by atoms with van der Waals surface area (Å²) in [5.74, 6) is 0. The van der Waals surface area contributed by atoms with Gasteiger partial charge in [0.2, 0.25) is 10.0 Å². The monoisotopic (exact) mass is 332 g/mol. The Labute approximate surface area is 131 Å². The second-order valence-electron chi connectivity index (χ2n) is 5.07. The van der Waals surface area contributed by atoms with E-state index >= 15 is 0 Å². The summed E-state index contributed by atoms with van der Waals surface area (Å²) in [4.78, 5) is 0.241. The summed E-state index contributed by atoms with van der Waals surface area (Å²) in [6.07, 6.45) is 1.68. The summed E-state index contributed by atoms with van der Waals surface area (Å²) in [6.45, 7) is 4.46.